The Balaban J connectivity index is 0. The van der Waals surface area contributed by atoms with Crippen molar-refractivity contribution in [3.8, 4) is 0 Å². The Morgan fingerprint density at radius 2 is 2.25 bits per heavy atom. The maximum atomic E-state index is 5.81. The largest absolute Gasteiger partial charge is 0.346 e. The van der Waals surface area contributed by atoms with Crippen LogP contribution in [0.1, 0.15) is 6.92 Å². The van der Waals surface area contributed by atoms with Crippen LogP contribution < -0.4 is 0 Å². The zero-order valence-corrected chi connectivity index (χ0v) is 4.00. The molecule has 1 N–H and O–H groups in total. The van der Waals surface area contributed by atoms with Gasteiger partial charge in [-0.1, -0.05) is 0 Å². The topological polar surface area (TPSA) is 23.9 Å². The first kappa shape index (κ1) is 4.38. The number of rotatable bonds is 0. The molecule has 0 amide bonds. The van der Waals surface area contributed by atoms with Gasteiger partial charge in [0.1, 0.15) is 0 Å². The van der Waals surface area contributed by atoms with Crippen LogP contribution in [0.25, 0.3) is 0 Å². The molecule has 1 nitrogen and oxygen atoms in total. The fourth-order valence-electron chi connectivity index (χ4n) is 0. The maximum Gasteiger partial charge on any atom is -0.194 e. The quantitative estimate of drug-likeness (QED) is 0.437. The molecule has 0 aliphatic rings. The average Bonchev–Trinajstić information content (AvgIpc) is 1.46. The summed E-state index contributed by atoms with van der Waals surface area (Å²) in [6.07, 6.45) is 0. The maximum absolute atomic E-state index is 5.81. The van der Waals surface area contributed by atoms with Gasteiger partial charge in [0.2, 0.25) is 0 Å². The van der Waals surface area contributed by atoms with Crippen molar-refractivity contribution in [2.45, 2.75) is 6.92 Å². The average molecular weight is 96.0 g/mol. The molecule has 0 saturated carbocycles. The summed E-state index contributed by atoms with van der Waals surface area (Å²) in [5, 5.41) is 0. The molecular formula is C2H6NV-. The van der Waals surface area contributed by atoms with Crippen LogP contribution in [0.4, 0.5) is 0 Å². The van der Waals surface area contributed by atoms with Gasteiger partial charge in [-0.15, -0.1) is 0 Å². The van der Waals surface area contributed by atoms with Gasteiger partial charge in [0.25, 0.3) is 0 Å². The molecule has 0 aromatic heterocycles. The van der Waals surface area contributed by atoms with Crippen LogP contribution in [0.5, 0.6) is 0 Å². The van der Waals surface area contributed by atoms with Crippen molar-refractivity contribution in [3.05, 3.63) is 6.92 Å². The van der Waals surface area contributed by atoms with E-state index in [9.17, 15) is 0 Å². The van der Waals surface area contributed by atoms with Crippen LogP contribution in [0.15, 0.2) is 0 Å². The van der Waals surface area contributed by atoms with E-state index in [1.165, 1.54) is 0 Å². The van der Waals surface area contributed by atoms with E-state index in [-0.39, 0.29) is 0 Å². The van der Waals surface area contributed by atoms with Crippen LogP contribution in [0, 0.1) is 11.1 Å². The molecule has 0 rings (SSSR count). The zero-order chi connectivity index (χ0) is 4.71. The van der Waals surface area contributed by atoms with Crippen LogP contribution in [-0.2, 0) is 17.2 Å². The van der Waals surface area contributed by atoms with Gasteiger partial charge in [-0.2, -0.15) is 6.92 Å². The summed E-state index contributed by atoms with van der Waals surface area (Å²) in [4.78, 5) is 0. The minimum absolute atomic E-state index is 1.75. The predicted molar refractivity (Wildman–Crippen MR) is 13.8 cm³/mol. The standard InChI is InChI=1S/C2H5.HN.V/c1-2;;/h1H2,2H3;1H;/q-1;;/i;1D;. The smallest absolute Gasteiger partial charge is 0.194 e. The van der Waals surface area contributed by atoms with Crippen molar-refractivity contribution in [1.29, 1.82) is 4.20 Å². The molecule has 0 unspecified atom stereocenters. The van der Waals surface area contributed by atoms with E-state index in [1.54, 1.807) is 24.2 Å². The van der Waals surface area contributed by atoms with Gasteiger partial charge in [-0.3, -0.25) is 0 Å². The first-order chi connectivity index (χ1) is 2.41. The number of hydrogen-bond donors (Lipinski definition) is 1. The predicted octanol–water partition coefficient (Wildman–Crippen LogP) is 1.14. The Bertz CT molecular complexity index is 17.1. The summed E-state index contributed by atoms with van der Waals surface area (Å²) in [6.45, 7) is 5.00. The van der Waals surface area contributed by atoms with Gasteiger partial charge in [0.15, 0.2) is 0 Å². The molecule has 0 radical (unpaired) electrons. The second kappa shape index (κ2) is 130. The Kier molecular flexibility index (Phi) is 143. The fourth-order valence-corrected chi connectivity index (χ4v) is 0. The van der Waals surface area contributed by atoms with E-state index in [1.807, 2.05) is 0 Å². The Morgan fingerprint density at radius 1 is 2.25 bits per heavy atom. The van der Waals surface area contributed by atoms with Gasteiger partial charge in [-0.25, -0.2) is 0 Å². The van der Waals surface area contributed by atoms with Gasteiger partial charge in [-0.05, 0) is 0 Å². The van der Waals surface area contributed by atoms with E-state index in [2.05, 4.69) is 11.1 Å². The Hall–Kier alpha value is 0.384. The summed E-state index contributed by atoms with van der Waals surface area (Å²) in [5.41, 5.74) is 0. The molecule has 0 fully saturated rings. The summed E-state index contributed by atoms with van der Waals surface area (Å²) >= 11 is 1.76. The van der Waals surface area contributed by atoms with Crippen molar-refractivity contribution in [3.63, 3.8) is 0 Å². The van der Waals surface area contributed by atoms with E-state index in [0.717, 1.165) is 0 Å². The third-order valence-electron chi connectivity index (χ3n) is 0. The molecule has 2 heteroatoms. The van der Waals surface area contributed by atoms with Crippen LogP contribution in [-0.4, -0.2) is 0 Å². The number of nitrogens with one attached hydrogen (secondary N) is 1. The van der Waals surface area contributed by atoms with Crippen molar-refractivity contribution >= 4 is 0 Å². The monoisotopic (exact) mass is 96.0 g/mol. The first-order valence-electron chi connectivity index (χ1n) is 1.35. The van der Waals surface area contributed by atoms with Gasteiger partial charge >= 0.3 is 22.8 Å². The molecule has 0 aromatic carbocycles. The minimum atomic E-state index is 1.75. The second-order valence-electron chi connectivity index (χ2n) is 0. The Morgan fingerprint density at radius 3 is 2.25 bits per heavy atom. The molecule has 4 heavy (non-hydrogen) atoms. The van der Waals surface area contributed by atoms with Gasteiger partial charge in [0, 0.05) is 0 Å². The van der Waals surface area contributed by atoms with E-state index < -0.39 is 0 Å². The Labute approximate surface area is 37.4 Å². The molecule has 0 spiro atoms. The molecule has 0 heterocycles. The SMILES string of the molecule is [2H][N]=[V].[CH2-]C. The third-order valence-corrected chi connectivity index (χ3v) is 0. The third kappa shape index (κ3) is 30.9. The number of hydrogen-bond acceptors (Lipinski definition) is 1. The molecule has 0 atom stereocenters. The van der Waals surface area contributed by atoms with Crippen LogP contribution >= 0.6 is 0 Å². The van der Waals surface area contributed by atoms with Crippen LogP contribution in [0.2, 0.25) is 1.41 Å². The molecule has 0 saturated heterocycles. The van der Waals surface area contributed by atoms with Crippen molar-refractivity contribution in [1.82, 2.24) is 0 Å². The molecule has 0 aromatic rings. The normalized spacial score (nSPS) is 4.75. The zero-order valence-electron chi connectivity index (χ0n) is 3.60. The summed E-state index contributed by atoms with van der Waals surface area (Å²) in [7, 11) is 0. The van der Waals surface area contributed by atoms with E-state index in [4.69, 9.17) is 1.41 Å². The van der Waals surface area contributed by atoms with E-state index in [0.29, 0.717) is 0 Å². The van der Waals surface area contributed by atoms with Gasteiger partial charge < -0.3 is 6.92 Å². The van der Waals surface area contributed by atoms with Gasteiger partial charge in [0.05, 0.1) is 0 Å². The molecule has 0 aliphatic heterocycles. The molecule has 0 bridgehead atoms. The minimum Gasteiger partial charge on any atom is -0.346 e. The first-order valence-corrected chi connectivity index (χ1v) is 1.53. The summed E-state index contributed by atoms with van der Waals surface area (Å²) < 4.78 is 8.49. The van der Waals surface area contributed by atoms with E-state index >= 15 is 0 Å². The van der Waals surface area contributed by atoms with Crippen molar-refractivity contribution in [2.75, 3.05) is 0 Å². The molecule has 0 aliphatic carbocycles. The summed E-state index contributed by atoms with van der Waals surface area (Å²) in [5.74, 6) is 0. The van der Waals surface area contributed by atoms with Crippen molar-refractivity contribution in [2.24, 2.45) is 0 Å². The fraction of sp³-hybridized carbons (Fsp3) is 0.500. The molecule has 25 valence electrons. The van der Waals surface area contributed by atoms with Crippen molar-refractivity contribution < 1.29 is 18.6 Å². The van der Waals surface area contributed by atoms with Crippen LogP contribution in [0.3, 0.4) is 0 Å². The second-order valence-corrected chi connectivity index (χ2v) is 0. The summed E-state index contributed by atoms with van der Waals surface area (Å²) in [6, 6.07) is 0. The molecular weight excluding hydrogens is 89.0 g/mol.